The summed E-state index contributed by atoms with van der Waals surface area (Å²) in [6.45, 7) is 4.17. The molecule has 0 saturated carbocycles. The Hall–Kier alpha value is -2.10. The molecule has 0 saturated heterocycles. The lowest BCUT2D eigenvalue weighted by atomic mass is 10.1. The predicted octanol–water partition coefficient (Wildman–Crippen LogP) is 2.76. The van der Waals surface area contributed by atoms with Gasteiger partial charge in [0.1, 0.15) is 11.6 Å². The number of hydrogen-bond acceptors (Lipinski definition) is 3. The van der Waals surface area contributed by atoms with E-state index >= 15 is 0 Å². The van der Waals surface area contributed by atoms with Crippen LogP contribution in [0, 0.1) is 6.92 Å². The molecule has 3 rings (SSSR count). The van der Waals surface area contributed by atoms with E-state index in [2.05, 4.69) is 46.6 Å². The van der Waals surface area contributed by atoms with Gasteiger partial charge in [0.25, 0.3) is 0 Å². The van der Waals surface area contributed by atoms with Crippen LogP contribution in [-0.2, 0) is 6.42 Å². The van der Waals surface area contributed by atoms with Gasteiger partial charge in [0, 0.05) is 11.8 Å². The van der Waals surface area contributed by atoms with Gasteiger partial charge in [0.15, 0.2) is 5.65 Å². The van der Waals surface area contributed by atoms with Gasteiger partial charge in [0.05, 0.1) is 12.6 Å². The van der Waals surface area contributed by atoms with E-state index in [4.69, 9.17) is 4.74 Å². The van der Waals surface area contributed by atoms with Crippen LogP contribution in [-0.4, -0.2) is 21.7 Å². The van der Waals surface area contributed by atoms with Gasteiger partial charge in [-0.3, -0.25) is 4.40 Å². The summed E-state index contributed by atoms with van der Waals surface area (Å²) >= 11 is 0. The second-order valence-electron chi connectivity index (χ2n) is 4.37. The maximum atomic E-state index is 5.29. The van der Waals surface area contributed by atoms with Gasteiger partial charge in [-0.1, -0.05) is 6.92 Å². The van der Waals surface area contributed by atoms with E-state index in [1.54, 1.807) is 7.11 Å². The highest BCUT2D eigenvalue weighted by atomic mass is 16.5. The minimum absolute atomic E-state index is 0.866. The zero-order valence-corrected chi connectivity index (χ0v) is 10.8. The summed E-state index contributed by atoms with van der Waals surface area (Å²) in [4.78, 5) is 0. The first-order chi connectivity index (χ1) is 8.74. The molecule has 0 unspecified atom stereocenters. The number of benzene rings is 1. The molecule has 4 heteroatoms. The third kappa shape index (κ3) is 1.45. The Morgan fingerprint density at radius 3 is 2.78 bits per heavy atom. The zero-order chi connectivity index (χ0) is 12.7. The van der Waals surface area contributed by atoms with E-state index in [1.807, 2.05) is 6.07 Å². The van der Waals surface area contributed by atoms with Crippen molar-refractivity contribution in [1.29, 1.82) is 0 Å². The lowest BCUT2D eigenvalue weighted by Gasteiger charge is -2.08. The van der Waals surface area contributed by atoms with Crippen molar-refractivity contribution in [3.8, 4) is 5.75 Å². The standard InChI is InChI=1S/C14H15N3O/c1-4-13-15-16-14-7-9(2)11-8-10(18-3)5-6-12(11)17(13)14/h5-8H,4H2,1-3H3. The Kier molecular flexibility index (Phi) is 2.44. The Morgan fingerprint density at radius 2 is 2.06 bits per heavy atom. The van der Waals surface area contributed by atoms with Crippen molar-refractivity contribution >= 4 is 16.6 Å². The number of aryl methyl sites for hydroxylation is 2. The van der Waals surface area contributed by atoms with Gasteiger partial charge in [-0.2, -0.15) is 0 Å². The summed E-state index contributed by atoms with van der Waals surface area (Å²) in [6, 6.07) is 8.16. The largest absolute Gasteiger partial charge is 0.497 e. The van der Waals surface area contributed by atoms with Crippen molar-refractivity contribution in [2.45, 2.75) is 20.3 Å². The number of fused-ring (bicyclic) bond motifs is 3. The molecule has 92 valence electrons. The third-order valence-corrected chi connectivity index (χ3v) is 3.29. The van der Waals surface area contributed by atoms with E-state index in [9.17, 15) is 0 Å². The van der Waals surface area contributed by atoms with Crippen LogP contribution in [0.15, 0.2) is 24.3 Å². The second-order valence-corrected chi connectivity index (χ2v) is 4.37. The molecule has 0 aliphatic carbocycles. The van der Waals surface area contributed by atoms with Crippen LogP contribution in [0.1, 0.15) is 18.3 Å². The predicted molar refractivity (Wildman–Crippen MR) is 71.2 cm³/mol. The van der Waals surface area contributed by atoms with Gasteiger partial charge < -0.3 is 4.74 Å². The summed E-state index contributed by atoms with van der Waals surface area (Å²) in [7, 11) is 1.69. The summed E-state index contributed by atoms with van der Waals surface area (Å²) < 4.78 is 7.40. The number of aromatic nitrogens is 3. The topological polar surface area (TPSA) is 39.4 Å². The van der Waals surface area contributed by atoms with Crippen LogP contribution in [0.25, 0.3) is 16.6 Å². The van der Waals surface area contributed by atoms with Gasteiger partial charge in [-0.05, 0) is 36.8 Å². The average Bonchev–Trinajstić information content (AvgIpc) is 2.81. The molecule has 4 nitrogen and oxygen atoms in total. The Bertz CT molecular complexity index is 731. The lowest BCUT2D eigenvalue weighted by Crippen LogP contribution is -1.96. The van der Waals surface area contributed by atoms with Gasteiger partial charge >= 0.3 is 0 Å². The summed E-state index contributed by atoms with van der Waals surface area (Å²) in [5.41, 5.74) is 3.22. The van der Waals surface area contributed by atoms with Crippen molar-refractivity contribution in [3.05, 3.63) is 35.7 Å². The first-order valence-corrected chi connectivity index (χ1v) is 6.06. The molecule has 2 aromatic heterocycles. The minimum Gasteiger partial charge on any atom is -0.497 e. The van der Waals surface area contributed by atoms with Crippen molar-refractivity contribution < 1.29 is 4.74 Å². The first-order valence-electron chi connectivity index (χ1n) is 6.06. The quantitative estimate of drug-likeness (QED) is 0.692. The number of ether oxygens (including phenoxy) is 1. The monoisotopic (exact) mass is 241 g/mol. The molecule has 0 spiro atoms. The molecular formula is C14H15N3O. The Labute approximate surface area is 105 Å². The van der Waals surface area contributed by atoms with Crippen LogP contribution < -0.4 is 4.74 Å². The first kappa shape index (κ1) is 11.0. The van der Waals surface area contributed by atoms with E-state index in [0.717, 1.165) is 29.2 Å². The maximum Gasteiger partial charge on any atom is 0.161 e. The average molecular weight is 241 g/mol. The molecule has 0 amide bonds. The molecule has 3 aromatic rings. The SMILES string of the molecule is CCc1nnc2cc(C)c3cc(OC)ccc3n12. The molecule has 2 heterocycles. The van der Waals surface area contributed by atoms with Gasteiger partial charge in [0.2, 0.25) is 0 Å². The van der Waals surface area contributed by atoms with Crippen LogP contribution in [0.3, 0.4) is 0 Å². The fraction of sp³-hybridized carbons (Fsp3) is 0.286. The van der Waals surface area contributed by atoms with Crippen LogP contribution in [0.2, 0.25) is 0 Å². The molecule has 0 bridgehead atoms. The molecule has 1 aromatic carbocycles. The number of rotatable bonds is 2. The van der Waals surface area contributed by atoms with Crippen molar-refractivity contribution in [2.75, 3.05) is 7.11 Å². The van der Waals surface area contributed by atoms with Gasteiger partial charge in [-0.15, -0.1) is 10.2 Å². The van der Waals surface area contributed by atoms with Crippen LogP contribution in [0.5, 0.6) is 5.75 Å². The molecule has 0 N–H and O–H groups in total. The molecular weight excluding hydrogens is 226 g/mol. The van der Waals surface area contributed by atoms with Crippen LogP contribution in [0.4, 0.5) is 0 Å². The molecule has 0 atom stereocenters. The molecule has 0 radical (unpaired) electrons. The van der Waals surface area contributed by atoms with E-state index in [-0.39, 0.29) is 0 Å². The fourth-order valence-electron chi connectivity index (χ4n) is 2.34. The fourth-order valence-corrected chi connectivity index (χ4v) is 2.34. The van der Waals surface area contributed by atoms with Crippen molar-refractivity contribution in [1.82, 2.24) is 14.6 Å². The second kappa shape index (κ2) is 3.98. The zero-order valence-electron chi connectivity index (χ0n) is 10.8. The minimum atomic E-state index is 0.866. The maximum absolute atomic E-state index is 5.29. The molecule has 0 aliphatic rings. The Balaban J connectivity index is 2.48. The smallest absolute Gasteiger partial charge is 0.161 e. The molecule has 0 aliphatic heterocycles. The highest BCUT2D eigenvalue weighted by Crippen LogP contribution is 2.25. The third-order valence-electron chi connectivity index (χ3n) is 3.29. The van der Waals surface area contributed by atoms with Crippen molar-refractivity contribution in [3.63, 3.8) is 0 Å². The summed E-state index contributed by atoms with van der Waals surface area (Å²) in [5, 5.41) is 9.63. The lowest BCUT2D eigenvalue weighted by molar-refractivity contribution is 0.415. The number of pyridine rings is 1. The normalized spacial score (nSPS) is 11.3. The Morgan fingerprint density at radius 1 is 1.22 bits per heavy atom. The number of hydrogen-bond donors (Lipinski definition) is 0. The number of methoxy groups -OCH3 is 1. The molecule has 18 heavy (non-hydrogen) atoms. The van der Waals surface area contributed by atoms with Gasteiger partial charge in [-0.25, -0.2) is 0 Å². The van der Waals surface area contributed by atoms with Crippen molar-refractivity contribution in [2.24, 2.45) is 0 Å². The highest BCUT2D eigenvalue weighted by molar-refractivity contribution is 5.86. The summed E-state index contributed by atoms with van der Waals surface area (Å²) in [6.07, 6.45) is 0.866. The molecule has 0 fully saturated rings. The summed E-state index contributed by atoms with van der Waals surface area (Å²) in [5.74, 6) is 1.86. The van der Waals surface area contributed by atoms with E-state index in [0.29, 0.717) is 0 Å². The van der Waals surface area contributed by atoms with E-state index in [1.165, 1.54) is 10.9 Å². The van der Waals surface area contributed by atoms with E-state index < -0.39 is 0 Å². The highest BCUT2D eigenvalue weighted by Gasteiger charge is 2.10. The number of nitrogens with zero attached hydrogens (tertiary/aromatic N) is 3. The van der Waals surface area contributed by atoms with Crippen LogP contribution >= 0.6 is 0 Å².